The Kier molecular flexibility index (Phi) is 4.82. The van der Waals surface area contributed by atoms with E-state index in [1.807, 2.05) is 0 Å². The fraction of sp³-hybridized carbons (Fsp3) is 0. The van der Waals surface area contributed by atoms with Gasteiger partial charge in [-0.3, -0.25) is 0 Å². The van der Waals surface area contributed by atoms with Gasteiger partial charge in [0.15, 0.2) is 10.3 Å². The van der Waals surface area contributed by atoms with Crippen LogP contribution in [-0.2, 0) is 0 Å². The van der Waals surface area contributed by atoms with E-state index < -0.39 is 0 Å². The third-order valence-electron chi connectivity index (χ3n) is 1.92. The van der Waals surface area contributed by atoms with E-state index in [1.165, 1.54) is 6.07 Å². The highest BCUT2D eigenvalue weighted by atomic mass is 35.5. The second kappa shape index (κ2) is 6.04. The maximum absolute atomic E-state index is 5.99. The van der Waals surface area contributed by atoms with E-state index in [-0.39, 0.29) is 42.3 Å². The number of pyridine rings is 1. The van der Waals surface area contributed by atoms with Gasteiger partial charge in [0.25, 0.3) is 0 Å². The van der Waals surface area contributed by atoms with Crippen LogP contribution in [0.25, 0.3) is 0 Å². The summed E-state index contributed by atoms with van der Waals surface area (Å²) in [5, 5.41) is 3.14. The average molecular weight is 379 g/mol. The van der Waals surface area contributed by atoms with Crippen molar-refractivity contribution >= 4 is 81.1 Å². The molecule has 0 aromatic carbocycles. The van der Waals surface area contributed by atoms with Crippen molar-refractivity contribution in [2.24, 2.45) is 0 Å². The Morgan fingerprint density at radius 3 is 1.89 bits per heavy atom. The minimum absolute atomic E-state index is 0.00446. The first-order chi connectivity index (χ1) is 8.88. The van der Waals surface area contributed by atoms with Crippen LogP contribution in [0.5, 0.6) is 0 Å². The number of anilines is 2. The predicted molar refractivity (Wildman–Crippen MR) is 79.6 cm³/mol. The van der Waals surface area contributed by atoms with E-state index in [4.69, 9.17) is 69.6 Å². The first-order valence-electron chi connectivity index (χ1n) is 4.55. The predicted octanol–water partition coefficient (Wildman–Crippen LogP) is 5.54. The Hall–Kier alpha value is -0.230. The molecule has 2 heterocycles. The first kappa shape index (κ1) is 15.2. The molecule has 2 rings (SSSR count). The van der Waals surface area contributed by atoms with Crippen molar-refractivity contribution in [3.8, 4) is 0 Å². The molecule has 0 bridgehead atoms. The summed E-state index contributed by atoms with van der Waals surface area (Å²) in [6, 6.07) is 1.43. The molecule has 0 spiro atoms. The third-order valence-corrected chi connectivity index (χ3v) is 3.76. The maximum atomic E-state index is 5.99. The topological polar surface area (TPSA) is 50.7 Å². The zero-order chi connectivity index (χ0) is 14.2. The molecule has 2 aromatic rings. The molecule has 0 amide bonds. The van der Waals surface area contributed by atoms with Gasteiger partial charge in [0.2, 0.25) is 5.28 Å². The smallest absolute Gasteiger partial charge is 0.225 e. The van der Waals surface area contributed by atoms with Gasteiger partial charge in [0.1, 0.15) is 21.0 Å². The molecule has 0 aliphatic heterocycles. The molecule has 100 valence electrons. The number of nitrogens with zero attached hydrogens (tertiary/aromatic N) is 3. The van der Waals surface area contributed by atoms with E-state index >= 15 is 0 Å². The van der Waals surface area contributed by atoms with E-state index in [0.717, 1.165) is 0 Å². The Morgan fingerprint density at radius 1 is 0.789 bits per heavy atom. The molecule has 2 aromatic heterocycles. The molecular weight excluding hydrogens is 377 g/mol. The zero-order valence-corrected chi connectivity index (χ0v) is 13.2. The highest BCUT2D eigenvalue weighted by molar-refractivity contribution is 6.48. The van der Waals surface area contributed by atoms with Crippen LogP contribution in [0.1, 0.15) is 0 Å². The van der Waals surface area contributed by atoms with Crippen molar-refractivity contribution in [2.45, 2.75) is 0 Å². The Bertz CT molecular complexity index is 601. The highest BCUT2D eigenvalue weighted by Gasteiger charge is 2.16. The highest BCUT2D eigenvalue weighted by Crippen LogP contribution is 2.40. The monoisotopic (exact) mass is 376 g/mol. The molecule has 0 atom stereocenters. The molecule has 0 unspecified atom stereocenters. The molecule has 0 saturated heterocycles. The number of nitrogens with one attached hydrogen (secondary N) is 1. The standard InChI is InChI=1S/C9H2Cl6N4/c10-2-1-3(18-9(15)16-2)17-6-4(11)7(13)19-8(14)5(6)12/h1H,(H,16,17,18,19). The second-order valence-electron chi connectivity index (χ2n) is 3.17. The molecule has 0 aliphatic rings. The van der Waals surface area contributed by atoms with Gasteiger partial charge in [-0.2, -0.15) is 0 Å². The Morgan fingerprint density at radius 2 is 1.37 bits per heavy atom. The molecule has 19 heavy (non-hydrogen) atoms. The normalized spacial score (nSPS) is 10.6. The van der Waals surface area contributed by atoms with Crippen molar-refractivity contribution in [3.63, 3.8) is 0 Å². The molecule has 1 N–H and O–H groups in total. The first-order valence-corrected chi connectivity index (χ1v) is 6.82. The van der Waals surface area contributed by atoms with Crippen molar-refractivity contribution in [1.82, 2.24) is 15.0 Å². The van der Waals surface area contributed by atoms with Crippen LogP contribution < -0.4 is 5.32 Å². The number of halogens is 6. The zero-order valence-electron chi connectivity index (χ0n) is 8.69. The van der Waals surface area contributed by atoms with Gasteiger partial charge < -0.3 is 5.32 Å². The van der Waals surface area contributed by atoms with E-state index in [0.29, 0.717) is 0 Å². The van der Waals surface area contributed by atoms with Crippen molar-refractivity contribution in [3.05, 3.63) is 36.9 Å². The van der Waals surface area contributed by atoms with Crippen LogP contribution >= 0.6 is 69.6 Å². The van der Waals surface area contributed by atoms with Gasteiger partial charge in [-0.25, -0.2) is 15.0 Å². The fourth-order valence-corrected chi connectivity index (χ4v) is 2.41. The summed E-state index contributed by atoms with van der Waals surface area (Å²) in [5.41, 5.74) is 0.249. The molecule has 0 radical (unpaired) electrons. The van der Waals surface area contributed by atoms with Crippen molar-refractivity contribution in [2.75, 3.05) is 5.32 Å². The maximum Gasteiger partial charge on any atom is 0.225 e. The molecule has 4 nitrogen and oxygen atoms in total. The van der Waals surface area contributed by atoms with Gasteiger partial charge in [0, 0.05) is 6.07 Å². The van der Waals surface area contributed by atoms with Crippen LogP contribution in [0.15, 0.2) is 6.07 Å². The minimum Gasteiger partial charge on any atom is -0.337 e. The summed E-state index contributed by atoms with van der Waals surface area (Å²) in [6.45, 7) is 0. The van der Waals surface area contributed by atoms with Gasteiger partial charge >= 0.3 is 0 Å². The van der Waals surface area contributed by atoms with Crippen LogP contribution in [0.2, 0.25) is 30.8 Å². The number of hydrogen-bond donors (Lipinski definition) is 1. The number of hydrogen-bond acceptors (Lipinski definition) is 4. The molecular formula is C9H2Cl6N4. The Labute approximate surface area is 138 Å². The largest absolute Gasteiger partial charge is 0.337 e. The van der Waals surface area contributed by atoms with E-state index in [2.05, 4.69) is 20.3 Å². The number of rotatable bonds is 2. The third kappa shape index (κ3) is 3.45. The average Bonchev–Trinajstić information content (AvgIpc) is 2.31. The molecule has 0 fully saturated rings. The molecule has 0 aliphatic carbocycles. The fourth-order valence-electron chi connectivity index (χ4n) is 1.18. The van der Waals surface area contributed by atoms with Crippen LogP contribution in [0.3, 0.4) is 0 Å². The van der Waals surface area contributed by atoms with Gasteiger partial charge in [-0.15, -0.1) is 0 Å². The lowest BCUT2D eigenvalue weighted by Gasteiger charge is -2.11. The Balaban J connectivity index is 2.49. The second-order valence-corrected chi connectivity index (χ2v) is 5.36. The lowest BCUT2D eigenvalue weighted by molar-refractivity contribution is 1.17. The van der Waals surface area contributed by atoms with Crippen LogP contribution in [-0.4, -0.2) is 15.0 Å². The summed E-state index contributed by atoms with van der Waals surface area (Å²) in [5.74, 6) is 0.284. The summed E-state index contributed by atoms with van der Waals surface area (Å²) in [6.07, 6.45) is 0. The van der Waals surface area contributed by atoms with Crippen LogP contribution in [0.4, 0.5) is 11.5 Å². The quantitative estimate of drug-likeness (QED) is 0.423. The summed E-state index contributed by atoms with van der Waals surface area (Å²) in [7, 11) is 0. The van der Waals surface area contributed by atoms with E-state index in [9.17, 15) is 0 Å². The lowest BCUT2D eigenvalue weighted by Crippen LogP contribution is -1.98. The molecule has 10 heteroatoms. The van der Waals surface area contributed by atoms with Gasteiger partial charge in [0.05, 0.1) is 5.69 Å². The summed E-state index contributed by atoms with van der Waals surface area (Å²) >= 11 is 35.0. The minimum atomic E-state index is -0.0338. The van der Waals surface area contributed by atoms with Crippen LogP contribution in [0, 0.1) is 0 Å². The van der Waals surface area contributed by atoms with Gasteiger partial charge in [-0.1, -0.05) is 58.0 Å². The van der Waals surface area contributed by atoms with Gasteiger partial charge in [-0.05, 0) is 11.6 Å². The van der Waals surface area contributed by atoms with Crippen molar-refractivity contribution < 1.29 is 0 Å². The lowest BCUT2D eigenvalue weighted by atomic mass is 10.4. The SMILES string of the molecule is Clc1cc(Nc2c(Cl)c(Cl)nc(Cl)c2Cl)nc(Cl)n1. The number of aromatic nitrogens is 3. The summed E-state index contributed by atoms with van der Waals surface area (Å²) < 4.78 is 0. The van der Waals surface area contributed by atoms with Crippen molar-refractivity contribution in [1.29, 1.82) is 0 Å². The summed E-state index contributed by atoms with van der Waals surface area (Å²) in [4.78, 5) is 11.4. The van der Waals surface area contributed by atoms with E-state index in [1.54, 1.807) is 0 Å². The molecule has 0 saturated carbocycles.